The van der Waals surface area contributed by atoms with E-state index in [-0.39, 0.29) is 23.0 Å². The third kappa shape index (κ3) is 4.17. The SMILES string of the molecule is Nc1ccc(NC(=O)c2ccc(NCc3cnc4nc(N)[nH]c(=O)c4n3)cc2)cc1. The Morgan fingerprint density at radius 2 is 1.67 bits per heavy atom. The van der Waals surface area contributed by atoms with Gasteiger partial charge < -0.3 is 22.1 Å². The highest BCUT2D eigenvalue weighted by molar-refractivity contribution is 6.04. The minimum Gasteiger partial charge on any atom is -0.399 e. The van der Waals surface area contributed by atoms with E-state index in [2.05, 4.69) is 30.6 Å². The molecule has 0 unspecified atom stereocenters. The van der Waals surface area contributed by atoms with Gasteiger partial charge in [-0.2, -0.15) is 4.98 Å². The molecule has 4 aromatic rings. The maximum atomic E-state index is 12.3. The lowest BCUT2D eigenvalue weighted by atomic mass is 10.2. The molecule has 10 nitrogen and oxygen atoms in total. The quantitative estimate of drug-likeness (QED) is 0.315. The fourth-order valence-corrected chi connectivity index (χ4v) is 2.76. The first-order chi connectivity index (χ1) is 14.5. The van der Waals surface area contributed by atoms with E-state index in [1.54, 1.807) is 48.5 Å². The number of fused-ring (bicyclic) bond motifs is 1. The molecule has 10 heteroatoms. The Balaban J connectivity index is 1.41. The van der Waals surface area contributed by atoms with Crippen molar-refractivity contribution in [1.82, 2.24) is 19.9 Å². The third-order valence-electron chi connectivity index (χ3n) is 4.28. The van der Waals surface area contributed by atoms with Crippen LogP contribution in [0, 0.1) is 0 Å². The van der Waals surface area contributed by atoms with Crippen LogP contribution in [-0.4, -0.2) is 25.8 Å². The number of benzene rings is 2. The van der Waals surface area contributed by atoms with Crippen molar-refractivity contribution in [2.24, 2.45) is 0 Å². The second kappa shape index (κ2) is 7.87. The summed E-state index contributed by atoms with van der Waals surface area (Å²) in [5.74, 6) is -0.231. The van der Waals surface area contributed by atoms with Crippen LogP contribution in [0.15, 0.2) is 59.5 Å². The number of carbonyl (C=O) groups excluding carboxylic acids is 1. The fourth-order valence-electron chi connectivity index (χ4n) is 2.76. The zero-order valence-corrected chi connectivity index (χ0v) is 15.7. The van der Waals surface area contributed by atoms with Crippen molar-refractivity contribution in [2.45, 2.75) is 6.54 Å². The number of nitrogen functional groups attached to an aromatic ring is 2. The van der Waals surface area contributed by atoms with Gasteiger partial charge in [0.2, 0.25) is 5.95 Å². The number of amides is 1. The van der Waals surface area contributed by atoms with Crippen LogP contribution in [0.3, 0.4) is 0 Å². The Kier molecular flexibility index (Phi) is 4.95. The Hall–Kier alpha value is -4.47. The van der Waals surface area contributed by atoms with Gasteiger partial charge in [-0.25, -0.2) is 9.97 Å². The average Bonchev–Trinajstić information content (AvgIpc) is 2.74. The number of nitrogens with two attached hydrogens (primary N) is 2. The predicted octanol–water partition coefficient (Wildman–Crippen LogP) is 1.74. The van der Waals surface area contributed by atoms with Crippen LogP contribution in [0.1, 0.15) is 16.1 Å². The van der Waals surface area contributed by atoms with Gasteiger partial charge >= 0.3 is 0 Å². The largest absolute Gasteiger partial charge is 0.399 e. The molecule has 2 aromatic carbocycles. The lowest BCUT2D eigenvalue weighted by Gasteiger charge is -2.08. The minimum absolute atomic E-state index is 0.00630. The molecule has 0 aliphatic heterocycles. The van der Waals surface area contributed by atoms with Crippen molar-refractivity contribution in [3.63, 3.8) is 0 Å². The number of nitrogens with one attached hydrogen (secondary N) is 3. The summed E-state index contributed by atoms with van der Waals surface area (Å²) in [6.45, 7) is 0.337. The second-order valence-electron chi connectivity index (χ2n) is 6.49. The lowest BCUT2D eigenvalue weighted by molar-refractivity contribution is 0.102. The normalized spacial score (nSPS) is 10.7. The van der Waals surface area contributed by atoms with Crippen molar-refractivity contribution in [3.8, 4) is 0 Å². The van der Waals surface area contributed by atoms with Gasteiger partial charge in [0.05, 0.1) is 18.4 Å². The Morgan fingerprint density at radius 3 is 2.40 bits per heavy atom. The summed E-state index contributed by atoms with van der Waals surface area (Å²) in [4.78, 5) is 39.0. The highest BCUT2D eigenvalue weighted by atomic mass is 16.1. The summed E-state index contributed by atoms with van der Waals surface area (Å²) in [7, 11) is 0. The highest BCUT2D eigenvalue weighted by Crippen LogP contribution is 2.15. The topological polar surface area (TPSA) is 165 Å². The molecule has 0 aliphatic rings. The summed E-state index contributed by atoms with van der Waals surface area (Å²) < 4.78 is 0. The molecule has 0 saturated heterocycles. The van der Waals surface area contributed by atoms with Crippen molar-refractivity contribution >= 4 is 40.1 Å². The maximum absolute atomic E-state index is 12.3. The van der Waals surface area contributed by atoms with Crippen LogP contribution in [0.2, 0.25) is 0 Å². The highest BCUT2D eigenvalue weighted by Gasteiger charge is 2.08. The third-order valence-corrected chi connectivity index (χ3v) is 4.28. The monoisotopic (exact) mass is 402 g/mol. The number of aromatic amines is 1. The molecule has 0 atom stereocenters. The molecular weight excluding hydrogens is 384 g/mol. The van der Waals surface area contributed by atoms with Crippen molar-refractivity contribution in [3.05, 3.63) is 76.3 Å². The van der Waals surface area contributed by atoms with Gasteiger partial charge in [-0.15, -0.1) is 0 Å². The first-order valence-corrected chi connectivity index (χ1v) is 9.00. The van der Waals surface area contributed by atoms with E-state index in [0.717, 1.165) is 5.69 Å². The van der Waals surface area contributed by atoms with Crippen molar-refractivity contribution < 1.29 is 4.79 Å². The number of hydrogen-bond donors (Lipinski definition) is 5. The van der Waals surface area contributed by atoms with Gasteiger partial charge in [0.15, 0.2) is 11.2 Å². The molecule has 0 bridgehead atoms. The van der Waals surface area contributed by atoms with Gasteiger partial charge in [0, 0.05) is 22.6 Å². The molecule has 0 saturated carbocycles. The molecule has 2 aromatic heterocycles. The number of carbonyl (C=O) groups is 1. The first-order valence-electron chi connectivity index (χ1n) is 9.00. The van der Waals surface area contributed by atoms with Crippen LogP contribution in [0.25, 0.3) is 11.2 Å². The standard InChI is InChI=1S/C20H18N8O2/c21-12-3-7-14(8-4-12)26-18(29)11-1-5-13(6-2-11)23-9-15-10-24-17-16(25-15)19(30)28-20(22)27-17/h1-8,10,23H,9,21H2,(H,26,29)(H3,22,24,27,28,30). The Morgan fingerprint density at radius 1 is 0.967 bits per heavy atom. The number of rotatable bonds is 5. The van der Waals surface area contributed by atoms with Gasteiger partial charge in [-0.3, -0.25) is 14.6 Å². The van der Waals surface area contributed by atoms with Crippen LogP contribution in [0.4, 0.5) is 23.0 Å². The molecular formula is C20H18N8O2. The van der Waals surface area contributed by atoms with E-state index in [1.165, 1.54) is 6.20 Å². The fraction of sp³-hybridized carbons (Fsp3) is 0.0500. The molecule has 7 N–H and O–H groups in total. The van der Waals surface area contributed by atoms with Gasteiger partial charge in [-0.1, -0.05) is 0 Å². The molecule has 0 fully saturated rings. The molecule has 1 amide bonds. The summed E-state index contributed by atoms with van der Waals surface area (Å²) in [6.07, 6.45) is 1.52. The molecule has 0 aliphatic carbocycles. The molecule has 150 valence electrons. The van der Waals surface area contributed by atoms with Crippen molar-refractivity contribution in [1.29, 1.82) is 0 Å². The van der Waals surface area contributed by atoms with Crippen LogP contribution in [-0.2, 0) is 6.54 Å². The maximum Gasteiger partial charge on any atom is 0.280 e. The Bertz CT molecular complexity index is 1270. The zero-order chi connectivity index (χ0) is 21.1. The molecule has 0 spiro atoms. The minimum atomic E-state index is -0.441. The molecule has 30 heavy (non-hydrogen) atoms. The number of nitrogens with zero attached hydrogens (tertiary/aromatic N) is 3. The van der Waals surface area contributed by atoms with E-state index in [4.69, 9.17) is 11.5 Å². The lowest BCUT2D eigenvalue weighted by Crippen LogP contribution is -2.15. The van der Waals surface area contributed by atoms with Gasteiger partial charge in [0.25, 0.3) is 11.5 Å². The van der Waals surface area contributed by atoms with E-state index in [0.29, 0.717) is 29.2 Å². The Labute approximate surface area is 170 Å². The summed E-state index contributed by atoms with van der Waals surface area (Å²) in [5, 5.41) is 5.98. The van der Waals surface area contributed by atoms with Crippen LogP contribution in [0.5, 0.6) is 0 Å². The summed E-state index contributed by atoms with van der Waals surface area (Å²) in [5.41, 5.74) is 14.2. The van der Waals surface area contributed by atoms with E-state index < -0.39 is 5.56 Å². The van der Waals surface area contributed by atoms with Crippen LogP contribution < -0.4 is 27.7 Å². The molecule has 2 heterocycles. The summed E-state index contributed by atoms with van der Waals surface area (Å²) >= 11 is 0. The van der Waals surface area contributed by atoms with Crippen LogP contribution >= 0.6 is 0 Å². The van der Waals surface area contributed by atoms with E-state index in [1.807, 2.05) is 0 Å². The van der Waals surface area contributed by atoms with Gasteiger partial charge in [-0.05, 0) is 48.5 Å². The average molecular weight is 402 g/mol. The summed E-state index contributed by atoms with van der Waals surface area (Å²) in [6, 6.07) is 13.9. The predicted molar refractivity (Wildman–Crippen MR) is 115 cm³/mol. The number of aromatic nitrogens is 4. The smallest absolute Gasteiger partial charge is 0.280 e. The first kappa shape index (κ1) is 18.9. The molecule has 4 rings (SSSR count). The second-order valence-corrected chi connectivity index (χ2v) is 6.49. The zero-order valence-electron chi connectivity index (χ0n) is 15.7. The number of hydrogen-bond acceptors (Lipinski definition) is 8. The number of H-pyrrole nitrogens is 1. The van der Waals surface area contributed by atoms with Crippen molar-refractivity contribution in [2.75, 3.05) is 22.1 Å². The number of anilines is 4. The van der Waals surface area contributed by atoms with E-state index in [9.17, 15) is 9.59 Å². The molecule has 0 radical (unpaired) electrons. The van der Waals surface area contributed by atoms with E-state index >= 15 is 0 Å². The van der Waals surface area contributed by atoms with Gasteiger partial charge in [0.1, 0.15) is 0 Å².